The van der Waals surface area contributed by atoms with E-state index >= 15 is 0 Å². The summed E-state index contributed by atoms with van der Waals surface area (Å²) >= 11 is 0. The molecule has 3 N–H and O–H groups in total. The lowest BCUT2D eigenvalue weighted by Gasteiger charge is -2.36. The van der Waals surface area contributed by atoms with Crippen LogP contribution < -0.4 is 10.6 Å². The molecule has 0 heterocycles. The highest BCUT2D eigenvalue weighted by atomic mass is 19.3. The number of alkyl carbamates (subject to hydrolysis) is 1. The molecule has 0 unspecified atom stereocenters. The SMILES string of the molecule is CC(C)(C)OC(=O)NCC(F)(F)CNCC1(CO)CCCCC1. The van der Waals surface area contributed by atoms with Crippen LogP contribution >= 0.6 is 0 Å². The second-order valence-electron chi connectivity index (χ2n) is 7.53. The summed E-state index contributed by atoms with van der Waals surface area (Å²) in [7, 11) is 0. The maximum absolute atomic E-state index is 13.8. The van der Waals surface area contributed by atoms with Crippen LogP contribution in [-0.2, 0) is 4.74 Å². The fourth-order valence-electron chi connectivity index (χ4n) is 2.78. The maximum atomic E-state index is 13.8. The van der Waals surface area contributed by atoms with E-state index in [1.165, 1.54) is 0 Å². The molecule has 0 atom stereocenters. The number of amides is 1. The molecule has 136 valence electrons. The fourth-order valence-corrected chi connectivity index (χ4v) is 2.78. The van der Waals surface area contributed by atoms with Crippen LogP contribution in [0.2, 0.25) is 0 Å². The predicted octanol–water partition coefficient (Wildman–Crippen LogP) is 2.68. The van der Waals surface area contributed by atoms with Crippen LogP contribution in [0.15, 0.2) is 0 Å². The molecule has 0 aromatic carbocycles. The van der Waals surface area contributed by atoms with Crippen LogP contribution in [0.5, 0.6) is 0 Å². The number of ether oxygens (including phenoxy) is 1. The Kier molecular flexibility index (Phi) is 7.20. The summed E-state index contributed by atoms with van der Waals surface area (Å²) in [5.74, 6) is -3.07. The first-order valence-corrected chi connectivity index (χ1v) is 8.24. The van der Waals surface area contributed by atoms with E-state index in [0.29, 0.717) is 6.54 Å². The zero-order valence-electron chi connectivity index (χ0n) is 14.4. The molecule has 0 aromatic heterocycles. The first-order valence-electron chi connectivity index (χ1n) is 8.24. The van der Waals surface area contributed by atoms with Crippen molar-refractivity contribution in [2.45, 2.75) is 64.4 Å². The van der Waals surface area contributed by atoms with Gasteiger partial charge in [-0.2, -0.15) is 0 Å². The smallest absolute Gasteiger partial charge is 0.407 e. The average Bonchev–Trinajstić information content (AvgIpc) is 2.44. The summed E-state index contributed by atoms with van der Waals surface area (Å²) < 4.78 is 32.5. The van der Waals surface area contributed by atoms with Crippen molar-refractivity contribution in [3.63, 3.8) is 0 Å². The zero-order valence-corrected chi connectivity index (χ0v) is 14.4. The molecule has 1 aliphatic carbocycles. The molecule has 0 bridgehead atoms. The third-order valence-electron chi connectivity index (χ3n) is 4.02. The molecule has 1 amide bonds. The molecule has 7 heteroatoms. The van der Waals surface area contributed by atoms with Gasteiger partial charge < -0.3 is 20.5 Å². The molecule has 5 nitrogen and oxygen atoms in total. The van der Waals surface area contributed by atoms with E-state index in [0.717, 1.165) is 32.1 Å². The van der Waals surface area contributed by atoms with Crippen molar-refractivity contribution in [3.05, 3.63) is 0 Å². The summed E-state index contributed by atoms with van der Waals surface area (Å²) in [6.45, 7) is 4.08. The minimum absolute atomic E-state index is 0.0156. The van der Waals surface area contributed by atoms with Crippen molar-refractivity contribution < 1.29 is 23.4 Å². The standard InChI is InChI=1S/C16H30F2N2O3/c1-14(2,3)23-13(22)20-11-16(17,18)10-19-9-15(12-21)7-5-4-6-8-15/h19,21H,4-12H2,1-3H3,(H,20,22). The lowest BCUT2D eigenvalue weighted by molar-refractivity contribution is -0.00878. The number of alkyl halides is 2. The van der Waals surface area contributed by atoms with Gasteiger partial charge in [-0.25, -0.2) is 13.6 Å². The highest BCUT2D eigenvalue weighted by molar-refractivity contribution is 5.67. The molecule has 0 aromatic rings. The van der Waals surface area contributed by atoms with Gasteiger partial charge in [0.05, 0.1) is 13.1 Å². The fraction of sp³-hybridized carbons (Fsp3) is 0.938. The molecular formula is C16H30F2N2O3. The molecule has 0 spiro atoms. The quantitative estimate of drug-likeness (QED) is 0.668. The molecule has 0 radical (unpaired) electrons. The third-order valence-corrected chi connectivity index (χ3v) is 4.02. The van der Waals surface area contributed by atoms with Crippen molar-refractivity contribution in [1.29, 1.82) is 0 Å². The molecule has 1 aliphatic rings. The summed E-state index contributed by atoms with van der Waals surface area (Å²) in [4.78, 5) is 11.4. The van der Waals surface area contributed by atoms with Crippen LogP contribution in [0.3, 0.4) is 0 Å². The number of halogens is 2. The second-order valence-corrected chi connectivity index (χ2v) is 7.53. The molecule has 1 fully saturated rings. The maximum Gasteiger partial charge on any atom is 0.407 e. The van der Waals surface area contributed by atoms with E-state index in [1.54, 1.807) is 20.8 Å². The number of aliphatic hydroxyl groups excluding tert-OH is 1. The first-order chi connectivity index (χ1) is 10.6. The van der Waals surface area contributed by atoms with E-state index in [9.17, 15) is 18.7 Å². The Bertz CT molecular complexity index is 378. The van der Waals surface area contributed by atoms with Crippen LogP contribution in [0.4, 0.5) is 13.6 Å². The van der Waals surface area contributed by atoms with Crippen molar-refractivity contribution in [2.24, 2.45) is 5.41 Å². The number of rotatable bonds is 7. The molecular weight excluding hydrogens is 306 g/mol. The van der Waals surface area contributed by atoms with Crippen LogP contribution in [0, 0.1) is 5.41 Å². The summed E-state index contributed by atoms with van der Waals surface area (Å²) in [6.07, 6.45) is 4.06. The number of hydrogen-bond acceptors (Lipinski definition) is 4. The average molecular weight is 336 g/mol. The second kappa shape index (κ2) is 8.24. The van der Waals surface area contributed by atoms with Crippen LogP contribution in [-0.4, -0.2) is 49.0 Å². The topological polar surface area (TPSA) is 70.6 Å². The Morgan fingerprint density at radius 3 is 2.30 bits per heavy atom. The van der Waals surface area contributed by atoms with E-state index in [1.807, 2.05) is 0 Å². The Labute approximate surface area is 137 Å². The lowest BCUT2D eigenvalue weighted by atomic mass is 9.74. The highest BCUT2D eigenvalue weighted by Gasteiger charge is 2.34. The van der Waals surface area contributed by atoms with Crippen molar-refractivity contribution in [1.82, 2.24) is 10.6 Å². The Morgan fingerprint density at radius 2 is 1.78 bits per heavy atom. The van der Waals surface area contributed by atoms with Gasteiger partial charge in [-0.3, -0.25) is 0 Å². The monoisotopic (exact) mass is 336 g/mol. The van der Waals surface area contributed by atoms with Gasteiger partial charge in [0, 0.05) is 18.6 Å². The molecule has 0 saturated heterocycles. The molecule has 1 saturated carbocycles. The van der Waals surface area contributed by atoms with Gasteiger partial charge in [0.2, 0.25) is 0 Å². The number of aliphatic hydroxyl groups is 1. The van der Waals surface area contributed by atoms with Gasteiger partial charge in [-0.05, 0) is 33.6 Å². The summed E-state index contributed by atoms with van der Waals surface area (Å²) in [6, 6.07) is 0. The van der Waals surface area contributed by atoms with Gasteiger partial charge in [0.1, 0.15) is 5.60 Å². The highest BCUT2D eigenvalue weighted by Crippen LogP contribution is 2.35. The lowest BCUT2D eigenvalue weighted by Crippen LogP contribution is -2.47. The third kappa shape index (κ3) is 7.92. The number of hydrogen-bond donors (Lipinski definition) is 3. The Morgan fingerprint density at radius 1 is 1.17 bits per heavy atom. The van der Waals surface area contributed by atoms with Crippen molar-refractivity contribution in [2.75, 3.05) is 26.2 Å². The number of carbonyl (C=O) groups excluding carboxylic acids is 1. The number of nitrogens with one attached hydrogen (secondary N) is 2. The van der Waals surface area contributed by atoms with Gasteiger partial charge in [0.15, 0.2) is 0 Å². The minimum Gasteiger partial charge on any atom is -0.444 e. The summed E-state index contributed by atoms with van der Waals surface area (Å²) in [5.41, 5.74) is -1.00. The van der Waals surface area contributed by atoms with Crippen LogP contribution in [0.1, 0.15) is 52.9 Å². The summed E-state index contributed by atoms with van der Waals surface area (Å²) in [5, 5.41) is 14.4. The Hall–Kier alpha value is -0.950. The zero-order chi connectivity index (χ0) is 17.6. The molecule has 23 heavy (non-hydrogen) atoms. The van der Waals surface area contributed by atoms with Gasteiger partial charge >= 0.3 is 6.09 Å². The van der Waals surface area contributed by atoms with Gasteiger partial charge in [0.25, 0.3) is 5.92 Å². The molecule has 1 rings (SSSR count). The van der Waals surface area contributed by atoms with E-state index in [2.05, 4.69) is 10.6 Å². The van der Waals surface area contributed by atoms with Gasteiger partial charge in [-0.15, -0.1) is 0 Å². The van der Waals surface area contributed by atoms with Crippen molar-refractivity contribution >= 4 is 6.09 Å². The Balaban J connectivity index is 2.33. The number of carbonyl (C=O) groups is 1. The minimum atomic E-state index is -3.07. The van der Waals surface area contributed by atoms with E-state index in [-0.39, 0.29) is 12.0 Å². The van der Waals surface area contributed by atoms with E-state index in [4.69, 9.17) is 4.74 Å². The van der Waals surface area contributed by atoms with Gasteiger partial charge in [-0.1, -0.05) is 19.3 Å². The largest absolute Gasteiger partial charge is 0.444 e. The first kappa shape index (κ1) is 20.1. The van der Waals surface area contributed by atoms with Crippen LogP contribution in [0.25, 0.3) is 0 Å². The van der Waals surface area contributed by atoms with Crippen molar-refractivity contribution in [3.8, 4) is 0 Å². The normalized spacial score (nSPS) is 18.5. The molecule has 0 aliphatic heterocycles. The van der Waals surface area contributed by atoms with E-state index < -0.39 is 30.7 Å². The predicted molar refractivity (Wildman–Crippen MR) is 84.7 cm³/mol.